The number of hydrogen-bond acceptors (Lipinski definition) is 2. The van der Waals surface area contributed by atoms with E-state index in [0.29, 0.717) is 23.4 Å². The van der Waals surface area contributed by atoms with Crippen molar-refractivity contribution in [2.24, 2.45) is 17.8 Å². The first kappa shape index (κ1) is 14.4. The maximum Gasteiger partial charge on any atom is 0.308 e. The molecule has 0 aromatic heterocycles. The molecule has 108 valence electrons. The predicted octanol–water partition coefficient (Wildman–Crippen LogP) is 3.69. The molecule has 2 aliphatic rings. The highest BCUT2D eigenvalue weighted by molar-refractivity contribution is 9.10. The van der Waals surface area contributed by atoms with Crippen molar-refractivity contribution in [3.05, 3.63) is 33.3 Å². The van der Waals surface area contributed by atoms with Crippen molar-refractivity contribution in [3.8, 4) is 0 Å². The molecule has 20 heavy (non-hydrogen) atoms. The van der Waals surface area contributed by atoms with Gasteiger partial charge < -0.3 is 10.4 Å². The molecule has 0 amide bonds. The highest BCUT2D eigenvalue weighted by Gasteiger charge is 2.50. The van der Waals surface area contributed by atoms with Gasteiger partial charge >= 0.3 is 5.97 Å². The smallest absolute Gasteiger partial charge is 0.308 e. The molecule has 2 N–H and O–H groups in total. The lowest BCUT2D eigenvalue weighted by atomic mass is 9.84. The first-order valence-electron chi connectivity index (χ1n) is 6.96. The largest absolute Gasteiger partial charge is 0.481 e. The third-order valence-corrected chi connectivity index (χ3v) is 5.75. The molecule has 3 rings (SSSR count). The van der Waals surface area contributed by atoms with Gasteiger partial charge in [0.15, 0.2) is 0 Å². The summed E-state index contributed by atoms with van der Waals surface area (Å²) in [7, 11) is 0. The van der Waals surface area contributed by atoms with Crippen LogP contribution in [0.5, 0.6) is 0 Å². The van der Waals surface area contributed by atoms with Gasteiger partial charge in [0.2, 0.25) is 0 Å². The van der Waals surface area contributed by atoms with Gasteiger partial charge in [0, 0.05) is 22.1 Å². The minimum Gasteiger partial charge on any atom is -0.481 e. The van der Waals surface area contributed by atoms with E-state index in [1.54, 1.807) is 0 Å². The lowest BCUT2D eigenvalue weighted by Crippen LogP contribution is -2.43. The van der Waals surface area contributed by atoms with E-state index in [2.05, 4.69) is 21.2 Å². The van der Waals surface area contributed by atoms with Crippen LogP contribution in [0.25, 0.3) is 0 Å². The molecule has 4 unspecified atom stereocenters. The molecule has 2 bridgehead atoms. The number of rotatable bonds is 4. The zero-order chi connectivity index (χ0) is 14.3. The Balaban J connectivity index is 1.71. The molecule has 0 aliphatic heterocycles. The van der Waals surface area contributed by atoms with Crippen molar-refractivity contribution >= 4 is 33.5 Å². The van der Waals surface area contributed by atoms with Crippen LogP contribution < -0.4 is 5.32 Å². The van der Waals surface area contributed by atoms with Gasteiger partial charge in [-0.2, -0.15) is 0 Å². The van der Waals surface area contributed by atoms with Crippen molar-refractivity contribution < 1.29 is 9.90 Å². The molecule has 4 atom stereocenters. The van der Waals surface area contributed by atoms with Crippen molar-refractivity contribution in [1.29, 1.82) is 0 Å². The summed E-state index contributed by atoms with van der Waals surface area (Å²) in [6.45, 7) is 0.652. The van der Waals surface area contributed by atoms with E-state index < -0.39 is 5.97 Å². The molecular weight excluding hydrogens is 342 g/mol. The number of aliphatic carboxylic acids is 1. The minimum absolute atomic E-state index is 0.0946. The van der Waals surface area contributed by atoms with Gasteiger partial charge in [-0.1, -0.05) is 27.5 Å². The van der Waals surface area contributed by atoms with E-state index in [4.69, 9.17) is 11.6 Å². The summed E-state index contributed by atoms with van der Waals surface area (Å²) in [4.78, 5) is 11.5. The Morgan fingerprint density at radius 2 is 2.15 bits per heavy atom. The fraction of sp³-hybridized carbons (Fsp3) is 0.533. The summed E-state index contributed by atoms with van der Waals surface area (Å²) in [5.74, 6) is -0.0107. The van der Waals surface area contributed by atoms with Gasteiger partial charge in [0.1, 0.15) is 0 Å². The summed E-state index contributed by atoms with van der Waals surface area (Å²) >= 11 is 9.52. The van der Waals surface area contributed by atoms with Crippen LogP contribution in [-0.2, 0) is 11.3 Å². The molecule has 2 aliphatic carbocycles. The fourth-order valence-corrected chi connectivity index (χ4v) is 4.43. The highest BCUT2D eigenvalue weighted by atomic mass is 79.9. The normalized spacial score (nSPS) is 31.7. The quantitative estimate of drug-likeness (QED) is 0.863. The third-order valence-electron chi connectivity index (χ3n) is 4.74. The summed E-state index contributed by atoms with van der Waals surface area (Å²) < 4.78 is 1.00. The van der Waals surface area contributed by atoms with Crippen LogP contribution >= 0.6 is 27.5 Å². The van der Waals surface area contributed by atoms with Gasteiger partial charge in [-0.05, 0) is 54.9 Å². The van der Waals surface area contributed by atoms with E-state index in [-0.39, 0.29) is 12.0 Å². The second-order valence-electron chi connectivity index (χ2n) is 5.84. The number of halogens is 2. The van der Waals surface area contributed by atoms with Crippen LogP contribution in [-0.4, -0.2) is 17.1 Å². The van der Waals surface area contributed by atoms with E-state index in [0.717, 1.165) is 29.3 Å². The zero-order valence-electron chi connectivity index (χ0n) is 11.0. The van der Waals surface area contributed by atoms with E-state index in [1.165, 1.54) is 0 Å². The standard InChI is InChI=1S/C15H17BrClNO2/c16-12-4-3-11(17)6-10(12)7-18-14-9-2-1-8(5-9)13(14)15(19)20/h3-4,6,8-9,13-14,18H,1-2,5,7H2,(H,19,20). The Morgan fingerprint density at radius 3 is 2.90 bits per heavy atom. The summed E-state index contributed by atoms with van der Waals surface area (Å²) in [5.41, 5.74) is 1.07. The van der Waals surface area contributed by atoms with Gasteiger partial charge in [-0.25, -0.2) is 0 Å². The van der Waals surface area contributed by atoms with Crippen molar-refractivity contribution in [2.45, 2.75) is 31.8 Å². The van der Waals surface area contributed by atoms with E-state index in [1.807, 2.05) is 18.2 Å². The number of nitrogens with one attached hydrogen (secondary N) is 1. The molecule has 1 aromatic rings. The van der Waals surface area contributed by atoms with Crippen LogP contribution in [0.15, 0.2) is 22.7 Å². The number of carbonyl (C=O) groups is 1. The maximum atomic E-state index is 11.5. The predicted molar refractivity (Wildman–Crippen MR) is 81.7 cm³/mol. The Labute approximate surface area is 131 Å². The first-order valence-corrected chi connectivity index (χ1v) is 8.13. The lowest BCUT2D eigenvalue weighted by Gasteiger charge is -2.29. The molecule has 0 heterocycles. The third kappa shape index (κ3) is 2.61. The number of hydrogen-bond donors (Lipinski definition) is 2. The molecule has 0 radical (unpaired) electrons. The lowest BCUT2D eigenvalue weighted by molar-refractivity contribution is -0.144. The van der Waals surface area contributed by atoms with Crippen molar-refractivity contribution in [1.82, 2.24) is 5.32 Å². The molecule has 5 heteroatoms. The fourth-order valence-electron chi connectivity index (χ4n) is 3.85. The van der Waals surface area contributed by atoms with E-state index >= 15 is 0 Å². The van der Waals surface area contributed by atoms with Gasteiger partial charge in [0.05, 0.1) is 5.92 Å². The Kier molecular flexibility index (Phi) is 4.07. The number of carboxylic acid groups (broad SMARTS) is 1. The van der Waals surface area contributed by atoms with Gasteiger partial charge in [-0.15, -0.1) is 0 Å². The molecule has 2 fully saturated rings. The minimum atomic E-state index is -0.653. The SMILES string of the molecule is O=C(O)C1C2CCC(C2)C1NCc1cc(Cl)ccc1Br. The Bertz CT molecular complexity index is 537. The van der Waals surface area contributed by atoms with Crippen molar-refractivity contribution in [3.63, 3.8) is 0 Å². The maximum absolute atomic E-state index is 11.5. The molecular formula is C15H17BrClNO2. The molecule has 0 spiro atoms. The van der Waals surface area contributed by atoms with Crippen LogP contribution in [0.4, 0.5) is 0 Å². The second kappa shape index (κ2) is 5.66. The zero-order valence-corrected chi connectivity index (χ0v) is 13.3. The van der Waals surface area contributed by atoms with Crippen LogP contribution in [0.2, 0.25) is 5.02 Å². The highest BCUT2D eigenvalue weighted by Crippen LogP contribution is 2.48. The molecule has 0 saturated heterocycles. The average molecular weight is 359 g/mol. The van der Waals surface area contributed by atoms with E-state index in [9.17, 15) is 9.90 Å². The van der Waals surface area contributed by atoms with Crippen LogP contribution in [0, 0.1) is 17.8 Å². The van der Waals surface area contributed by atoms with Gasteiger partial charge in [-0.3, -0.25) is 4.79 Å². The monoisotopic (exact) mass is 357 g/mol. The summed E-state index contributed by atoms with van der Waals surface area (Å²) in [6.07, 6.45) is 3.29. The Hall–Kier alpha value is -0.580. The first-order chi connectivity index (χ1) is 9.56. The van der Waals surface area contributed by atoms with Gasteiger partial charge in [0.25, 0.3) is 0 Å². The Morgan fingerprint density at radius 1 is 1.40 bits per heavy atom. The number of benzene rings is 1. The van der Waals surface area contributed by atoms with Crippen LogP contribution in [0.1, 0.15) is 24.8 Å². The number of carboxylic acids is 1. The molecule has 2 saturated carbocycles. The van der Waals surface area contributed by atoms with Crippen molar-refractivity contribution in [2.75, 3.05) is 0 Å². The molecule has 3 nitrogen and oxygen atoms in total. The second-order valence-corrected chi connectivity index (χ2v) is 7.13. The van der Waals surface area contributed by atoms with Crippen LogP contribution in [0.3, 0.4) is 0 Å². The average Bonchev–Trinajstić information content (AvgIpc) is 3.00. The topological polar surface area (TPSA) is 49.3 Å². The number of fused-ring (bicyclic) bond motifs is 2. The summed E-state index contributed by atoms with van der Waals surface area (Å²) in [6, 6.07) is 5.78. The summed E-state index contributed by atoms with van der Waals surface area (Å²) in [5, 5.41) is 13.6. The molecule has 1 aromatic carbocycles.